The number of rotatable bonds is 19. The van der Waals surface area contributed by atoms with Crippen molar-refractivity contribution >= 4 is 45.6 Å². The van der Waals surface area contributed by atoms with Gasteiger partial charge in [0.05, 0.1) is 40.0 Å². The number of aromatic nitrogens is 2. The second-order valence-corrected chi connectivity index (χ2v) is 17.5. The maximum Gasteiger partial charge on any atom is 0.246 e. The lowest BCUT2D eigenvalue weighted by atomic mass is 9.85. The van der Waals surface area contributed by atoms with Crippen LogP contribution in [-0.2, 0) is 30.4 Å². The van der Waals surface area contributed by atoms with Gasteiger partial charge in [-0.2, -0.15) is 0 Å². The summed E-state index contributed by atoms with van der Waals surface area (Å²) in [6, 6.07) is 24.4. The Morgan fingerprint density at radius 3 is 2.31 bits per heavy atom. The van der Waals surface area contributed by atoms with E-state index in [1.165, 1.54) is 4.90 Å². The fourth-order valence-corrected chi connectivity index (χ4v) is 7.96. The number of nitrogens with one attached hydrogen (secondary N) is 2. The summed E-state index contributed by atoms with van der Waals surface area (Å²) in [6.45, 7) is 9.35. The van der Waals surface area contributed by atoms with Crippen LogP contribution in [0.2, 0.25) is 0 Å². The summed E-state index contributed by atoms with van der Waals surface area (Å²) in [5.41, 5.74) is 8.11. The monoisotopic (exact) mass is 850 g/mol. The first kappa shape index (κ1) is 45.1. The summed E-state index contributed by atoms with van der Waals surface area (Å²) >= 11 is 1.58. The predicted molar refractivity (Wildman–Crippen MR) is 240 cm³/mol. The number of aryl methyl sites for hydroxylation is 1. The number of ether oxygens (including phenoxy) is 3. The van der Waals surface area contributed by atoms with E-state index in [0.717, 1.165) is 55.3 Å². The van der Waals surface area contributed by atoms with Crippen LogP contribution >= 0.6 is 11.3 Å². The van der Waals surface area contributed by atoms with Crippen molar-refractivity contribution in [1.29, 1.82) is 0 Å². The third kappa shape index (κ3) is 12.3. The zero-order valence-corrected chi connectivity index (χ0v) is 36.8. The summed E-state index contributed by atoms with van der Waals surface area (Å²) in [4.78, 5) is 54.0. The molecule has 5 aromatic rings. The Labute approximate surface area is 362 Å². The van der Waals surface area contributed by atoms with Gasteiger partial charge in [-0.3, -0.25) is 14.4 Å². The number of likely N-dealkylation sites (tertiary alicyclic amines) is 1. The Hall–Kier alpha value is -5.41. The molecule has 1 fully saturated rings. The molecule has 0 saturated carbocycles. The van der Waals surface area contributed by atoms with Gasteiger partial charge in [-0.1, -0.05) is 63.2 Å². The van der Waals surface area contributed by atoms with Crippen molar-refractivity contribution in [1.82, 2.24) is 25.5 Å². The van der Waals surface area contributed by atoms with Gasteiger partial charge < -0.3 is 39.8 Å². The molecule has 1 aliphatic rings. The summed E-state index contributed by atoms with van der Waals surface area (Å²) in [7, 11) is 4.04. The van der Waals surface area contributed by atoms with Gasteiger partial charge in [-0.05, 0) is 66.3 Å². The number of nitrogens with zero attached hydrogens (tertiary/aromatic N) is 4. The minimum atomic E-state index is -0.937. The van der Waals surface area contributed by atoms with Gasteiger partial charge in [0.1, 0.15) is 24.4 Å². The van der Waals surface area contributed by atoms with Crippen LogP contribution in [0.4, 0.5) is 5.69 Å². The van der Waals surface area contributed by atoms with Crippen molar-refractivity contribution < 1.29 is 33.7 Å². The van der Waals surface area contributed by atoms with E-state index in [2.05, 4.69) is 50.8 Å². The molecule has 0 aliphatic carbocycles. The van der Waals surface area contributed by atoms with Crippen molar-refractivity contribution in [3.05, 3.63) is 95.6 Å². The van der Waals surface area contributed by atoms with Gasteiger partial charge in [-0.15, -0.1) is 11.3 Å². The molecular weight excluding hydrogens is 793 g/mol. The Balaban J connectivity index is 0.868. The standard InChI is InChI=1S/C47H58N6O7S/c1-31-43(61-30-49-31)34-11-9-32(10-12-34)27-48-45(56)41-26-37(54)28-53(41)46(57)44(47(2,3)4)51-42(55)29-59-23-7-21-58-22-8-24-60-38-18-20-40-35(25-38)15-19-39(50-40)33-13-16-36(17-14-33)52(5)6/h9-20,25,30,37,41,44,54H,7-8,21-24,26-29H2,1-6H3,(H,48,56)(H,51,55)/t37-,41+,44?/m1/s1. The first-order valence-corrected chi connectivity index (χ1v) is 21.7. The van der Waals surface area contributed by atoms with Crippen molar-refractivity contribution in [2.75, 3.05) is 58.6 Å². The van der Waals surface area contributed by atoms with Gasteiger partial charge in [0.2, 0.25) is 17.7 Å². The minimum Gasteiger partial charge on any atom is -0.493 e. The lowest BCUT2D eigenvalue weighted by Crippen LogP contribution is -2.58. The van der Waals surface area contributed by atoms with E-state index in [1.807, 2.05) is 95.8 Å². The molecule has 2 aromatic heterocycles. The van der Waals surface area contributed by atoms with Crippen LogP contribution in [0, 0.1) is 12.3 Å². The SMILES string of the molecule is Cc1ncsc1-c1ccc(CNC(=O)[C@@H]2C[C@@H](O)CN2C(=O)C(NC(=O)COCCCOCCCOc2ccc3nc(-c4ccc(N(C)C)cc4)ccc3c2)C(C)(C)C)cc1. The van der Waals surface area contributed by atoms with Gasteiger partial charge in [-0.25, -0.2) is 9.97 Å². The maximum atomic E-state index is 13.9. The van der Waals surface area contributed by atoms with Crippen LogP contribution in [-0.4, -0.2) is 110 Å². The summed E-state index contributed by atoms with van der Waals surface area (Å²) in [5.74, 6) is -0.444. The molecule has 3 aromatic carbocycles. The molecule has 324 valence electrons. The molecule has 6 rings (SSSR count). The molecule has 61 heavy (non-hydrogen) atoms. The van der Waals surface area contributed by atoms with E-state index in [1.54, 1.807) is 11.3 Å². The van der Waals surface area contributed by atoms with Gasteiger partial charge in [0, 0.05) is 76.5 Å². The summed E-state index contributed by atoms with van der Waals surface area (Å²) in [5, 5.41) is 17.3. The fourth-order valence-electron chi connectivity index (χ4n) is 7.15. The summed E-state index contributed by atoms with van der Waals surface area (Å²) < 4.78 is 17.3. The molecule has 3 heterocycles. The zero-order valence-electron chi connectivity index (χ0n) is 36.0. The average Bonchev–Trinajstić information content (AvgIpc) is 3.86. The molecule has 1 saturated heterocycles. The van der Waals surface area contributed by atoms with E-state index in [4.69, 9.17) is 19.2 Å². The largest absolute Gasteiger partial charge is 0.493 e. The average molecular weight is 851 g/mol. The van der Waals surface area contributed by atoms with Crippen LogP contribution < -0.4 is 20.3 Å². The second kappa shape index (κ2) is 20.9. The molecule has 13 nitrogen and oxygen atoms in total. The van der Waals surface area contributed by atoms with Crippen molar-refractivity contribution in [3.8, 4) is 27.4 Å². The quantitative estimate of drug-likeness (QED) is 0.0796. The highest BCUT2D eigenvalue weighted by Gasteiger charge is 2.44. The zero-order chi connectivity index (χ0) is 43.5. The van der Waals surface area contributed by atoms with E-state index in [-0.39, 0.29) is 32.0 Å². The van der Waals surface area contributed by atoms with Crippen molar-refractivity contribution in [2.45, 2.75) is 71.7 Å². The van der Waals surface area contributed by atoms with Crippen molar-refractivity contribution in [2.24, 2.45) is 5.41 Å². The highest BCUT2D eigenvalue weighted by Crippen LogP contribution is 2.29. The Morgan fingerprint density at radius 1 is 0.918 bits per heavy atom. The first-order valence-electron chi connectivity index (χ1n) is 20.8. The van der Waals surface area contributed by atoms with Crippen LogP contribution in [0.15, 0.2) is 84.4 Å². The molecule has 14 heteroatoms. The third-order valence-corrected chi connectivity index (χ3v) is 11.5. The number of pyridine rings is 1. The Bertz CT molecular complexity index is 2240. The molecule has 0 spiro atoms. The van der Waals surface area contributed by atoms with Gasteiger partial charge >= 0.3 is 0 Å². The lowest BCUT2D eigenvalue weighted by Gasteiger charge is -2.35. The van der Waals surface area contributed by atoms with E-state index >= 15 is 0 Å². The number of hydrogen-bond acceptors (Lipinski definition) is 11. The molecule has 3 amide bonds. The number of benzene rings is 3. The Morgan fingerprint density at radius 2 is 1.62 bits per heavy atom. The van der Waals surface area contributed by atoms with Crippen molar-refractivity contribution in [3.63, 3.8) is 0 Å². The van der Waals surface area contributed by atoms with E-state index < -0.39 is 35.4 Å². The normalized spacial score (nSPS) is 15.8. The second-order valence-electron chi connectivity index (χ2n) is 16.7. The van der Waals surface area contributed by atoms with Crippen LogP contribution in [0.25, 0.3) is 32.6 Å². The number of β-amino-alcohol motifs (C(OH)–C–C–N with tert-alkyl or cyclic N) is 1. The Kier molecular flexibility index (Phi) is 15.5. The predicted octanol–water partition coefficient (Wildman–Crippen LogP) is 6.40. The van der Waals surface area contributed by atoms with E-state index in [9.17, 15) is 19.5 Å². The highest BCUT2D eigenvalue weighted by atomic mass is 32.1. The minimum absolute atomic E-state index is 0.000828. The number of fused-ring (bicyclic) bond motifs is 1. The smallest absolute Gasteiger partial charge is 0.246 e. The topological polar surface area (TPSA) is 155 Å². The maximum absolute atomic E-state index is 13.9. The number of hydrogen-bond donors (Lipinski definition) is 3. The number of amides is 3. The fraction of sp³-hybridized carbons (Fsp3) is 0.426. The lowest BCUT2D eigenvalue weighted by molar-refractivity contribution is -0.144. The van der Waals surface area contributed by atoms with Crippen LogP contribution in [0.5, 0.6) is 5.75 Å². The molecule has 1 unspecified atom stereocenters. The number of aliphatic hydroxyl groups excluding tert-OH is 1. The van der Waals surface area contributed by atoms with E-state index in [0.29, 0.717) is 39.3 Å². The number of carbonyl (C=O) groups is 3. The van der Waals surface area contributed by atoms with Gasteiger partial charge in [0.15, 0.2) is 0 Å². The highest BCUT2D eigenvalue weighted by molar-refractivity contribution is 7.13. The molecule has 0 radical (unpaired) electrons. The van der Waals surface area contributed by atoms with Crippen LogP contribution in [0.3, 0.4) is 0 Å². The number of anilines is 1. The summed E-state index contributed by atoms with van der Waals surface area (Å²) in [6.07, 6.45) is 0.559. The molecule has 1 aliphatic heterocycles. The molecular formula is C47H58N6O7S. The van der Waals surface area contributed by atoms with Crippen LogP contribution in [0.1, 0.15) is 51.3 Å². The molecule has 0 bridgehead atoms. The first-order chi connectivity index (χ1) is 29.3. The number of carbonyl (C=O) groups excluding carboxylic acids is 3. The number of aliphatic hydroxyl groups is 1. The molecule has 3 N–H and O–H groups in total. The molecule has 3 atom stereocenters. The number of thiazole rings is 1. The van der Waals surface area contributed by atoms with Gasteiger partial charge in [0.25, 0.3) is 0 Å². The third-order valence-electron chi connectivity index (χ3n) is 10.6.